The molecular formula is C16H28N8O2S. The van der Waals surface area contributed by atoms with Gasteiger partial charge in [-0.1, -0.05) is 0 Å². The monoisotopic (exact) mass is 396 g/mol. The van der Waals surface area contributed by atoms with Crippen LogP contribution < -0.4 is 15.1 Å². The number of aromatic nitrogens is 3. The molecule has 0 radical (unpaired) electrons. The highest BCUT2D eigenvalue weighted by Crippen LogP contribution is 2.19. The largest absolute Gasteiger partial charge is 0.480 e. The van der Waals surface area contributed by atoms with E-state index in [9.17, 15) is 9.90 Å². The third kappa shape index (κ3) is 5.11. The number of piperazine rings is 2. The third-order valence-corrected chi connectivity index (χ3v) is 5.33. The summed E-state index contributed by atoms with van der Waals surface area (Å²) in [5.74, 6) is 0.645. The minimum Gasteiger partial charge on any atom is -0.480 e. The average Bonchev–Trinajstić information content (AvgIpc) is 2.66. The maximum atomic E-state index is 11.4. The molecule has 0 amide bonds. The lowest BCUT2D eigenvalue weighted by atomic mass is 10.3. The first-order valence-electron chi connectivity index (χ1n) is 9.19. The van der Waals surface area contributed by atoms with Gasteiger partial charge < -0.3 is 30.0 Å². The fourth-order valence-corrected chi connectivity index (χ4v) is 3.30. The number of hydrogen-bond acceptors (Lipinski definition) is 10. The number of carboxylic acids is 1. The van der Waals surface area contributed by atoms with Crippen molar-refractivity contribution in [3.63, 3.8) is 0 Å². The Balaban J connectivity index is 1.86. The van der Waals surface area contributed by atoms with Gasteiger partial charge in [-0.25, -0.2) is 4.79 Å². The quantitative estimate of drug-likeness (QED) is 0.528. The first-order chi connectivity index (χ1) is 13.0. The fourth-order valence-electron chi connectivity index (χ4n) is 3.06. The number of carboxylic acid groups (broad SMARTS) is 1. The minimum atomic E-state index is -0.979. The van der Waals surface area contributed by atoms with Gasteiger partial charge >= 0.3 is 5.97 Å². The number of nitrogens with zero attached hydrogens (tertiary/aromatic N) is 7. The van der Waals surface area contributed by atoms with E-state index in [-0.39, 0.29) is 11.7 Å². The third-order valence-electron chi connectivity index (χ3n) is 4.97. The highest BCUT2D eigenvalue weighted by atomic mass is 32.1. The van der Waals surface area contributed by atoms with Crippen LogP contribution in [0.2, 0.25) is 0 Å². The molecule has 2 aliphatic rings. The molecule has 10 nitrogen and oxygen atoms in total. The van der Waals surface area contributed by atoms with E-state index in [0.29, 0.717) is 11.9 Å². The van der Waals surface area contributed by atoms with E-state index in [1.54, 1.807) is 0 Å². The maximum Gasteiger partial charge on any atom is 0.327 e. The molecule has 0 spiro atoms. The summed E-state index contributed by atoms with van der Waals surface area (Å²) in [4.78, 5) is 33.8. The van der Waals surface area contributed by atoms with Gasteiger partial charge in [0.05, 0.1) is 0 Å². The first-order valence-corrected chi connectivity index (χ1v) is 9.83. The van der Waals surface area contributed by atoms with E-state index in [1.807, 2.05) is 0 Å². The predicted octanol–water partition coefficient (Wildman–Crippen LogP) is -0.830. The van der Waals surface area contributed by atoms with Gasteiger partial charge in [0.15, 0.2) is 0 Å². The molecule has 27 heavy (non-hydrogen) atoms. The van der Waals surface area contributed by atoms with Gasteiger partial charge in [0.25, 0.3) is 0 Å². The molecule has 2 aliphatic heterocycles. The van der Waals surface area contributed by atoms with E-state index in [1.165, 1.54) is 0 Å². The van der Waals surface area contributed by atoms with Crippen molar-refractivity contribution in [1.29, 1.82) is 0 Å². The number of nitrogens with one attached hydrogen (secondary N) is 1. The van der Waals surface area contributed by atoms with Crippen LogP contribution in [0.25, 0.3) is 0 Å². The van der Waals surface area contributed by atoms with E-state index in [0.717, 1.165) is 52.4 Å². The number of rotatable bonds is 6. The second-order valence-electron chi connectivity index (χ2n) is 7.06. The number of anilines is 3. The Labute approximate surface area is 165 Å². The van der Waals surface area contributed by atoms with Gasteiger partial charge in [-0.15, -0.1) is 0 Å². The zero-order valence-electron chi connectivity index (χ0n) is 15.9. The van der Waals surface area contributed by atoms with Crippen LogP contribution in [0.1, 0.15) is 0 Å². The molecule has 3 rings (SSSR count). The Morgan fingerprint density at radius 1 is 0.963 bits per heavy atom. The SMILES string of the molecule is CN1CCN(c2nc(N[C@@H](CS)C(=O)O)nc(N3CCN(C)CC3)n2)CC1. The fraction of sp³-hybridized carbons (Fsp3) is 0.750. The number of thiol groups is 1. The van der Waals surface area contributed by atoms with Crippen LogP contribution in [0.15, 0.2) is 0 Å². The second-order valence-corrected chi connectivity index (χ2v) is 7.42. The number of carbonyl (C=O) groups is 1. The number of hydrogen-bond donors (Lipinski definition) is 3. The Morgan fingerprint density at radius 2 is 1.41 bits per heavy atom. The molecule has 150 valence electrons. The number of likely N-dealkylation sites (N-methyl/N-ethyl adjacent to an activating group) is 2. The van der Waals surface area contributed by atoms with Crippen LogP contribution in [0.3, 0.4) is 0 Å². The Hall–Kier alpha value is -1.85. The van der Waals surface area contributed by atoms with Crippen molar-refractivity contribution >= 4 is 36.4 Å². The van der Waals surface area contributed by atoms with Crippen molar-refractivity contribution in [2.24, 2.45) is 0 Å². The van der Waals surface area contributed by atoms with Crippen molar-refractivity contribution in [2.75, 3.05) is 87.3 Å². The maximum absolute atomic E-state index is 11.4. The zero-order chi connectivity index (χ0) is 19.4. The Bertz CT molecular complexity index is 607. The molecular weight excluding hydrogens is 368 g/mol. The van der Waals surface area contributed by atoms with Crippen LogP contribution in [-0.2, 0) is 4.79 Å². The summed E-state index contributed by atoms with van der Waals surface area (Å²) in [6.07, 6.45) is 0. The molecule has 2 fully saturated rings. The summed E-state index contributed by atoms with van der Waals surface area (Å²) in [7, 11) is 4.19. The second kappa shape index (κ2) is 8.89. The van der Waals surface area contributed by atoms with E-state index in [2.05, 4.69) is 61.6 Å². The van der Waals surface area contributed by atoms with Crippen molar-refractivity contribution < 1.29 is 9.90 Å². The average molecular weight is 397 g/mol. The molecule has 0 bridgehead atoms. The molecule has 1 aromatic rings. The predicted molar refractivity (Wildman–Crippen MR) is 108 cm³/mol. The first kappa shape index (κ1) is 19.9. The summed E-state index contributed by atoms with van der Waals surface area (Å²) in [6, 6.07) is -0.851. The van der Waals surface area contributed by atoms with E-state index >= 15 is 0 Å². The Kier molecular flexibility index (Phi) is 6.55. The molecule has 0 unspecified atom stereocenters. The molecule has 3 heterocycles. The van der Waals surface area contributed by atoms with E-state index < -0.39 is 12.0 Å². The molecule has 1 aromatic heterocycles. The van der Waals surface area contributed by atoms with Crippen LogP contribution in [0.4, 0.5) is 17.8 Å². The van der Waals surface area contributed by atoms with Crippen molar-refractivity contribution in [3.8, 4) is 0 Å². The molecule has 0 aromatic carbocycles. The molecule has 2 N–H and O–H groups in total. The van der Waals surface area contributed by atoms with Gasteiger partial charge in [-0.2, -0.15) is 27.6 Å². The molecule has 0 aliphatic carbocycles. The van der Waals surface area contributed by atoms with Gasteiger partial charge in [-0.05, 0) is 14.1 Å². The lowest BCUT2D eigenvalue weighted by Gasteiger charge is -2.35. The van der Waals surface area contributed by atoms with Crippen molar-refractivity contribution in [1.82, 2.24) is 24.8 Å². The number of aliphatic carboxylic acids is 1. The molecule has 0 saturated carbocycles. The van der Waals surface area contributed by atoms with Crippen LogP contribution in [0, 0.1) is 0 Å². The van der Waals surface area contributed by atoms with Crippen LogP contribution >= 0.6 is 12.6 Å². The van der Waals surface area contributed by atoms with Crippen molar-refractivity contribution in [3.05, 3.63) is 0 Å². The topological polar surface area (TPSA) is 101 Å². The lowest BCUT2D eigenvalue weighted by molar-refractivity contribution is -0.137. The van der Waals surface area contributed by atoms with Crippen LogP contribution in [-0.4, -0.2) is 114 Å². The summed E-state index contributed by atoms with van der Waals surface area (Å²) >= 11 is 4.11. The molecule has 2 saturated heterocycles. The summed E-state index contributed by atoms with van der Waals surface area (Å²) < 4.78 is 0. The summed E-state index contributed by atoms with van der Waals surface area (Å²) in [5, 5.41) is 12.2. The van der Waals surface area contributed by atoms with Gasteiger partial charge in [0, 0.05) is 58.1 Å². The molecule has 11 heteroatoms. The van der Waals surface area contributed by atoms with E-state index in [4.69, 9.17) is 4.98 Å². The minimum absolute atomic E-state index is 0.148. The van der Waals surface area contributed by atoms with Crippen LogP contribution in [0.5, 0.6) is 0 Å². The Morgan fingerprint density at radius 3 is 1.78 bits per heavy atom. The normalized spacial score (nSPS) is 20.6. The highest BCUT2D eigenvalue weighted by molar-refractivity contribution is 7.80. The standard InChI is InChI=1S/C16H28N8O2S/c1-21-3-7-23(8-4-21)15-18-14(17-12(11-27)13(25)26)19-16(20-15)24-9-5-22(2)6-10-24/h12,27H,3-11H2,1-2H3,(H,25,26)(H,17,18,19,20)/t12-/m0/s1. The zero-order valence-corrected chi connectivity index (χ0v) is 16.8. The summed E-state index contributed by atoms with van der Waals surface area (Å²) in [5.41, 5.74) is 0. The highest BCUT2D eigenvalue weighted by Gasteiger charge is 2.24. The lowest BCUT2D eigenvalue weighted by Crippen LogP contribution is -2.47. The van der Waals surface area contributed by atoms with Gasteiger partial charge in [-0.3, -0.25) is 0 Å². The summed E-state index contributed by atoms with van der Waals surface area (Å²) in [6.45, 7) is 7.07. The van der Waals surface area contributed by atoms with Gasteiger partial charge in [0.1, 0.15) is 6.04 Å². The van der Waals surface area contributed by atoms with Gasteiger partial charge in [0.2, 0.25) is 17.8 Å². The molecule has 1 atom stereocenters. The smallest absolute Gasteiger partial charge is 0.327 e. The van der Waals surface area contributed by atoms with Crippen molar-refractivity contribution in [2.45, 2.75) is 6.04 Å².